The van der Waals surface area contributed by atoms with Crippen LogP contribution in [0.5, 0.6) is 0 Å². The minimum absolute atomic E-state index is 0.00833. The zero-order chi connectivity index (χ0) is 7.84. The molecule has 0 N–H and O–H groups in total. The van der Waals surface area contributed by atoms with Crippen LogP contribution in [0.1, 0.15) is 6.42 Å². The number of carbonyl (C=O) groups excluding carboxylic acids is 2. The zero-order valence-corrected chi connectivity index (χ0v) is 6.43. The lowest BCUT2D eigenvalue weighted by Gasteiger charge is -2.18. The van der Waals surface area contributed by atoms with Gasteiger partial charge in [0.1, 0.15) is 0 Å². The van der Waals surface area contributed by atoms with Crippen LogP contribution < -0.4 is 0 Å². The van der Waals surface area contributed by atoms with E-state index in [4.69, 9.17) is 0 Å². The first-order valence-electron chi connectivity index (χ1n) is 3.17. The molecule has 1 amide bonds. The Morgan fingerprint density at radius 2 is 2.27 bits per heavy atom. The number of carbonyl (C=O) groups is 2. The van der Waals surface area contributed by atoms with Gasteiger partial charge in [-0.25, -0.2) is 0 Å². The molecule has 11 heavy (non-hydrogen) atoms. The molecule has 0 aromatic heterocycles. The number of hydrogen-bond donors (Lipinski definition) is 0. The second-order valence-electron chi connectivity index (χ2n) is 2.29. The van der Waals surface area contributed by atoms with Crippen molar-refractivity contribution in [3.63, 3.8) is 0 Å². The van der Waals surface area contributed by atoms with E-state index >= 15 is 0 Å². The third-order valence-electron chi connectivity index (χ3n) is 1.51. The molecule has 0 spiro atoms. The molecule has 0 fully saturated rings. The van der Waals surface area contributed by atoms with Gasteiger partial charge in [-0.2, -0.15) is 0 Å². The molecule has 0 unspecified atom stereocenters. The highest BCUT2D eigenvalue weighted by Gasteiger charge is 2.26. The number of rotatable bonds is 0. The van der Waals surface area contributed by atoms with E-state index in [9.17, 15) is 9.59 Å². The number of amides is 1. The van der Waals surface area contributed by atoms with Crippen molar-refractivity contribution < 1.29 is 9.59 Å². The predicted molar refractivity (Wildman–Crippen MR) is 41.3 cm³/mol. The van der Waals surface area contributed by atoms with E-state index in [0.717, 1.165) is 5.03 Å². The summed E-state index contributed by atoms with van der Waals surface area (Å²) in [6.07, 6.45) is 3.20. The van der Waals surface area contributed by atoms with Crippen molar-refractivity contribution in [1.29, 1.82) is 0 Å². The monoisotopic (exact) mass is 167 g/mol. The maximum absolute atomic E-state index is 11.1. The zero-order valence-electron chi connectivity index (χ0n) is 5.61. The number of allylic oxidation sites excluding steroid dienone is 1. The first-order chi connectivity index (χ1) is 5.27. The van der Waals surface area contributed by atoms with Gasteiger partial charge in [-0.05, 0) is 5.41 Å². The highest BCUT2D eigenvalue weighted by atomic mass is 32.2. The molecular weight excluding hydrogens is 162 g/mol. The summed E-state index contributed by atoms with van der Waals surface area (Å²) in [6, 6.07) is 0. The normalized spacial score (nSPS) is 22.2. The van der Waals surface area contributed by atoms with Gasteiger partial charge in [-0.15, -0.1) is 0 Å². The lowest BCUT2D eigenvalue weighted by atomic mass is 10.2. The summed E-state index contributed by atoms with van der Waals surface area (Å²) in [4.78, 5) is 23.4. The molecule has 0 saturated carbocycles. The first-order valence-corrected chi connectivity index (χ1v) is 4.05. The van der Waals surface area contributed by atoms with E-state index in [0.29, 0.717) is 0 Å². The number of hydrogen-bond acceptors (Lipinski definition) is 3. The van der Waals surface area contributed by atoms with Crippen LogP contribution in [0.4, 0.5) is 0 Å². The van der Waals surface area contributed by atoms with E-state index < -0.39 is 0 Å². The van der Waals surface area contributed by atoms with Gasteiger partial charge in [0, 0.05) is 12.3 Å². The van der Waals surface area contributed by atoms with Crippen LogP contribution >= 0.6 is 11.8 Å². The maximum Gasteiger partial charge on any atom is 0.239 e. The quantitative estimate of drug-likeness (QED) is 0.502. The van der Waals surface area contributed by atoms with Gasteiger partial charge in [0.25, 0.3) is 0 Å². The fourth-order valence-electron chi connectivity index (χ4n) is 1.02. The van der Waals surface area contributed by atoms with Crippen molar-refractivity contribution in [3.05, 3.63) is 22.7 Å². The molecule has 0 saturated heterocycles. The van der Waals surface area contributed by atoms with E-state index in [1.807, 2.05) is 0 Å². The molecule has 2 rings (SSSR count). The number of thioether (sulfide) groups is 1. The predicted octanol–water partition coefficient (Wildman–Crippen LogP) is 0.847. The Kier molecular flexibility index (Phi) is 1.35. The molecule has 56 valence electrons. The van der Waals surface area contributed by atoms with Gasteiger partial charge < -0.3 is 0 Å². The Morgan fingerprint density at radius 1 is 1.45 bits per heavy atom. The van der Waals surface area contributed by atoms with Crippen molar-refractivity contribution >= 4 is 23.5 Å². The Balaban J connectivity index is 2.40. The molecule has 0 radical (unpaired) electrons. The molecular formula is C7H5NO2S. The molecule has 2 heterocycles. The first kappa shape index (κ1) is 6.67. The Morgan fingerprint density at radius 3 is 3.09 bits per heavy atom. The third kappa shape index (κ3) is 0.991. The summed E-state index contributed by atoms with van der Waals surface area (Å²) >= 11 is 1.40. The van der Waals surface area contributed by atoms with Crippen LogP contribution in [0.15, 0.2) is 22.7 Å². The Hall–Kier alpha value is -1.03. The third-order valence-corrected chi connectivity index (χ3v) is 2.33. The second kappa shape index (κ2) is 2.23. The standard InChI is InChI=1S/C7H5NO2S/c9-5-3-6(10)8-1-2-11-7(8)4-5/h1-2,4H,3H2. The molecule has 0 aromatic carbocycles. The summed E-state index contributed by atoms with van der Waals surface area (Å²) in [5, 5.41) is 2.52. The van der Waals surface area contributed by atoms with Crippen molar-refractivity contribution in [2.75, 3.05) is 0 Å². The molecule has 3 nitrogen and oxygen atoms in total. The van der Waals surface area contributed by atoms with Crippen molar-refractivity contribution in [2.45, 2.75) is 6.42 Å². The number of ketones is 1. The molecule has 0 aromatic rings. The largest absolute Gasteiger partial charge is 0.294 e. The minimum Gasteiger partial charge on any atom is -0.294 e. The van der Waals surface area contributed by atoms with Crippen LogP contribution in [0, 0.1) is 0 Å². The van der Waals surface area contributed by atoms with E-state index in [2.05, 4.69) is 0 Å². The number of fused-ring (bicyclic) bond motifs is 1. The van der Waals surface area contributed by atoms with Crippen LogP contribution in [0.3, 0.4) is 0 Å². The van der Waals surface area contributed by atoms with Gasteiger partial charge in [0.2, 0.25) is 5.91 Å². The lowest BCUT2D eigenvalue weighted by Crippen LogP contribution is -2.28. The number of nitrogens with zero attached hydrogens (tertiary/aromatic N) is 1. The fourth-order valence-corrected chi connectivity index (χ4v) is 1.82. The SMILES string of the molecule is O=C1C=C2SC=CN2C(=O)C1. The smallest absolute Gasteiger partial charge is 0.239 e. The van der Waals surface area contributed by atoms with Crippen LogP contribution in [-0.2, 0) is 9.59 Å². The maximum atomic E-state index is 11.1. The Bertz CT molecular complexity index is 293. The van der Waals surface area contributed by atoms with Crippen molar-refractivity contribution in [2.24, 2.45) is 0 Å². The van der Waals surface area contributed by atoms with Crippen molar-refractivity contribution in [3.8, 4) is 0 Å². The molecule has 0 bridgehead atoms. The van der Waals surface area contributed by atoms with E-state index in [1.54, 1.807) is 11.6 Å². The van der Waals surface area contributed by atoms with E-state index in [1.165, 1.54) is 22.7 Å². The van der Waals surface area contributed by atoms with Gasteiger partial charge in [0.15, 0.2) is 5.78 Å². The molecule has 2 aliphatic rings. The van der Waals surface area contributed by atoms with Gasteiger partial charge in [-0.1, -0.05) is 11.8 Å². The van der Waals surface area contributed by atoms with E-state index in [-0.39, 0.29) is 18.1 Å². The minimum atomic E-state index is -0.131. The van der Waals surface area contributed by atoms with Crippen LogP contribution in [-0.4, -0.2) is 16.6 Å². The molecule has 0 aliphatic carbocycles. The van der Waals surface area contributed by atoms with Crippen LogP contribution in [0.25, 0.3) is 0 Å². The molecule has 0 atom stereocenters. The second-order valence-corrected chi connectivity index (χ2v) is 3.22. The summed E-state index contributed by atoms with van der Waals surface area (Å²) in [7, 11) is 0. The fraction of sp³-hybridized carbons (Fsp3) is 0.143. The summed E-state index contributed by atoms with van der Waals surface area (Å²) < 4.78 is 0. The Labute approximate surface area is 67.7 Å². The topological polar surface area (TPSA) is 37.4 Å². The molecule has 4 heteroatoms. The van der Waals surface area contributed by atoms with Gasteiger partial charge >= 0.3 is 0 Å². The highest BCUT2D eigenvalue weighted by Crippen LogP contribution is 2.31. The summed E-state index contributed by atoms with van der Waals surface area (Å²) in [5.74, 6) is -0.230. The van der Waals surface area contributed by atoms with Gasteiger partial charge in [0.05, 0.1) is 11.4 Å². The lowest BCUT2D eigenvalue weighted by molar-refractivity contribution is -0.131. The van der Waals surface area contributed by atoms with Gasteiger partial charge in [-0.3, -0.25) is 14.5 Å². The average Bonchev–Trinajstić information content (AvgIpc) is 2.34. The van der Waals surface area contributed by atoms with Crippen molar-refractivity contribution in [1.82, 2.24) is 4.90 Å². The summed E-state index contributed by atoms with van der Waals surface area (Å²) in [5.41, 5.74) is 0. The molecule has 2 aliphatic heterocycles. The summed E-state index contributed by atoms with van der Waals surface area (Å²) in [6.45, 7) is 0. The average molecular weight is 167 g/mol. The highest BCUT2D eigenvalue weighted by molar-refractivity contribution is 8.06. The van der Waals surface area contributed by atoms with Crippen LogP contribution in [0.2, 0.25) is 0 Å².